The number of fused-ring (bicyclic) bond motifs is 5. The highest BCUT2D eigenvalue weighted by Gasteiger charge is 2.54. The number of phenolic OH excluding ortho intramolecular Hbond substituents is 1. The summed E-state index contributed by atoms with van der Waals surface area (Å²) in [5, 5.41) is 20.3. The maximum atomic E-state index is 10.4. The fraction of sp³-hybridized carbons (Fsp3) is 0.667. The Hall–Kier alpha value is -0.540. The van der Waals surface area contributed by atoms with Crippen LogP contribution in [-0.4, -0.2) is 16.3 Å². The Labute approximate surface area is 134 Å². The van der Waals surface area contributed by atoms with Crippen LogP contribution in [0.5, 0.6) is 5.75 Å². The Morgan fingerprint density at radius 3 is 2.81 bits per heavy atom. The molecule has 0 aliphatic heterocycles. The second kappa shape index (κ2) is 4.73. The lowest BCUT2D eigenvalue weighted by molar-refractivity contribution is -0.0226. The van der Waals surface area contributed by atoms with Crippen LogP contribution in [0, 0.1) is 17.3 Å². The number of aliphatic hydroxyl groups excluding tert-OH is 1. The van der Waals surface area contributed by atoms with Gasteiger partial charge in [0.05, 0.1) is 10.6 Å². The first-order valence-electron chi connectivity index (χ1n) is 8.20. The monoisotopic (exact) mass is 350 g/mol. The Kier molecular flexibility index (Phi) is 3.17. The molecule has 114 valence electrons. The maximum absolute atomic E-state index is 10.4. The van der Waals surface area contributed by atoms with Crippen LogP contribution >= 0.6 is 15.9 Å². The number of halogens is 1. The van der Waals surface area contributed by atoms with Crippen molar-refractivity contribution in [1.29, 1.82) is 0 Å². The van der Waals surface area contributed by atoms with Gasteiger partial charge in [0.25, 0.3) is 0 Å². The van der Waals surface area contributed by atoms with Gasteiger partial charge in [-0.2, -0.15) is 0 Å². The van der Waals surface area contributed by atoms with Crippen molar-refractivity contribution < 1.29 is 10.2 Å². The molecule has 3 aliphatic rings. The highest BCUT2D eigenvalue weighted by atomic mass is 79.9. The van der Waals surface area contributed by atoms with Crippen molar-refractivity contribution in [3.63, 3.8) is 0 Å². The van der Waals surface area contributed by atoms with E-state index in [1.54, 1.807) is 0 Å². The van der Waals surface area contributed by atoms with Crippen LogP contribution in [0.15, 0.2) is 16.6 Å². The molecule has 3 heteroatoms. The third-order valence-corrected chi connectivity index (χ3v) is 7.66. The predicted molar refractivity (Wildman–Crippen MR) is 86.4 cm³/mol. The second-order valence-electron chi connectivity index (χ2n) is 7.52. The molecule has 1 aromatic rings. The zero-order valence-corrected chi connectivity index (χ0v) is 14.1. The second-order valence-corrected chi connectivity index (χ2v) is 8.31. The molecule has 4 rings (SSSR count). The third kappa shape index (κ3) is 1.86. The van der Waals surface area contributed by atoms with Gasteiger partial charge in [-0.3, -0.25) is 0 Å². The van der Waals surface area contributed by atoms with Crippen LogP contribution in [0.1, 0.15) is 56.1 Å². The largest absolute Gasteiger partial charge is 0.507 e. The van der Waals surface area contributed by atoms with Gasteiger partial charge in [0.1, 0.15) is 5.75 Å². The molecule has 3 unspecified atom stereocenters. The van der Waals surface area contributed by atoms with Crippen molar-refractivity contribution in [2.75, 3.05) is 0 Å². The van der Waals surface area contributed by atoms with Gasteiger partial charge in [-0.15, -0.1) is 0 Å². The van der Waals surface area contributed by atoms with Gasteiger partial charge in [0, 0.05) is 0 Å². The minimum absolute atomic E-state index is 0.101. The van der Waals surface area contributed by atoms with E-state index in [1.807, 2.05) is 6.07 Å². The van der Waals surface area contributed by atoms with Crippen molar-refractivity contribution in [2.24, 2.45) is 17.3 Å². The van der Waals surface area contributed by atoms with Crippen LogP contribution < -0.4 is 0 Å². The first-order chi connectivity index (χ1) is 10.0. The third-order valence-electron chi connectivity index (χ3n) is 6.77. The average molecular weight is 351 g/mol. The molecule has 5 atom stereocenters. The minimum Gasteiger partial charge on any atom is -0.507 e. The van der Waals surface area contributed by atoms with Crippen LogP contribution in [-0.2, 0) is 6.42 Å². The van der Waals surface area contributed by atoms with Crippen LogP contribution in [0.2, 0.25) is 0 Å². The van der Waals surface area contributed by atoms with E-state index in [0.29, 0.717) is 23.5 Å². The van der Waals surface area contributed by atoms with Gasteiger partial charge in [-0.1, -0.05) is 13.0 Å². The number of phenols is 1. The minimum atomic E-state index is -0.101. The average Bonchev–Trinajstić information content (AvgIpc) is 2.78. The van der Waals surface area contributed by atoms with Gasteiger partial charge in [0.2, 0.25) is 0 Å². The Morgan fingerprint density at radius 1 is 1.19 bits per heavy atom. The summed E-state index contributed by atoms with van der Waals surface area (Å²) in [7, 11) is 0. The molecule has 2 nitrogen and oxygen atoms in total. The standard InChI is InChI=1S/C18H23BrO2/c1-18-9-8-11-10-4-6-15(20)17(19)13(10)3-2-12(11)14(18)5-7-16(18)21/h4,6,11-12,14,16,20-21H,2-3,5,7-9H2,1H3/t11?,12?,14?,16-,18-/m1/s1. The summed E-state index contributed by atoms with van der Waals surface area (Å²) in [6.45, 7) is 2.31. The summed E-state index contributed by atoms with van der Waals surface area (Å²) in [4.78, 5) is 0. The van der Waals surface area contributed by atoms with Crippen molar-refractivity contribution in [1.82, 2.24) is 0 Å². The molecule has 0 heterocycles. The first kappa shape index (κ1) is 14.1. The van der Waals surface area contributed by atoms with E-state index in [4.69, 9.17) is 0 Å². The highest BCUT2D eigenvalue weighted by Crippen LogP contribution is 2.61. The highest BCUT2D eigenvalue weighted by molar-refractivity contribution is 9.10. The molecule has 1 aromatic carbocycles. The molecule has 2 N–H and O–H groups in total. The molecule has 0 radical (unpaired) electrons. The summed E-state index contributed by atoms with van der Waals surface area (Å²) in [6.07, 6.45) is 6.64. The lowest BCUT2D eigenvalue weighted by Crippen LogP contribution is -2.43. The molecule has 2 saturated carbocycles. The molecule has 3 aliphatic carbocycles. The number of hydrogen-bond acceptors (Lipinski definition) is 2. The number of aliphatic hydroxyl groups is 1. The fourth-order valence-corrected chi connectivity index (χ4v) is 6.14. The first-order valence-corrected chi connectivity index (χ1v) is 9.00. The summed E-state index contributed by atoms with van der Waals surface area (Å²) >= 11 is 3.57. The fourth-order valence-electron chi connectivity index (χ4n) is 5.58. The van der Waals surface area contributed by atoms with Crippen molar-refractivity contribution in [3.05, 3.63) is 27.7 Å². The van der Waals surface area contributed by atoms with Gasteiger partial charge in [0.15, 0.2) is 0 Å². The number of hydrogen-bond donors (Lipinski definition) is 2. The summed E-state index contributed by atoms with van der Waals surface area (Å²) < 4.78 is 0.901. The normalized spacial score (nSPS) is 41.3. The molecule has 0 aromatic heterocycles. The van der Waals surface area contributed by atoms with Crippen LogP contribution in [0.3, 0.4) is 0 Å². The smallest absolute Gasteiger partial charge is 0.130 e. The van der Waals surface area contributed by atoms with Gasteiger partial charge < -0.3 is 10.2 Å². The van der Waals surface area contributed by atoms with Crippen molar-refractivity contribution in [3.8, 4) is 5.75 Å². The molecule has 0 saturated heterocycles. The van der Waals surface area contributed by atoms with Crippen LogP contribution in [0.25, 0.3) is 0 Å². The predicted octanol–water partition coefficient (Wildman–Crippen LogP) is 4.37. The van der Waals surface area contributed by atoms with Crippen LogP contribution in [0.4, 0.5) is 0 Å². The van der Waals surface area contributed by atoms with Gasteiger partial charge in [-0.25, -0.2) is 0 Å². The van der Waals surface area contributed by atoms with Crippen molar-refractivity contribution >= 4 is 15.9 Å². The molecule has 0 bridgehead atoms. The van der Waals surface area contributed by atoms with E-state index in [0.717, 1.165) is 23.7 Å². The Bertz CT molecular complexity index is 585. The molecule has 21 heavy (non-hydrogen) atoms. The summed E-state index contributed by atoms with van der Waals surface area (Å²) in [6, 6.07) is 3.98. The lowest BCUT2D eigenvalue weighted by atomic mass is 9.55. The van der Waals surface area contributed by atoms with Gasteiger partial charge >= 0.3 is 0 Å². The molecule has 2 fully saturated rings. The molecular formula is C18H23BrO2. The SMILES string of the molecule is C[C@@]12CCC3c4ccc(O)c(Br)c4CCC3C1CC[C@H]2O. The van der Waals surface area contributed by atoms with E-state index in [9.17, 15) is 10.2 Å². The number of aromatic hydroxyl groups is 1. The quantitative estimate of drug-likeness (QED) is 0.729. The Morgan fingerprint density at radius 2 is 2.00 bits per heavy atom. The molecular weight excluding hydrogens is 328 g/mol. The van der Waals surface area contributed by atoms with E-state index >= 15 is 0 Å². The summed E-state index contributed by atoms with van der Waals surface area (Å²) in [5.41, 5.74) is 2.91. The van der Waals surface area contributed by atoms with E-state index in [-0.39, 0.29) is 11.5 Å². The zero-order valence-electron chi connectivity index (χ0n) is 12.5. The van der Waals surface area contributed by atoms with E-state index in [1.165, 1.54) is 30.4 Å². The van der Waals surface area contributed by atoms with Gasteiger partial charge in [-0.05, 0) is 94.8 Å². The Balaban J connectivity index is 1.74. The molecule has 0 amide bonds. The number of rotatable bonds is 0. The van der Waals surface area contributed by atoms with Crippen molar-refractivity contribution in [2.45, 2.75) is 57.5 Å². The van der Waals surface area contributed by atoms with E-state index in [2.05, 4.69) is 28.9 Å². The van der Waals surface area contributed by atoms with E-state index < -0.39 is 0 Å². The lowest BCUT2D eigenvalue weighted by Gasteiger charge is -2.50. The molecule has 0 spiro atoms. The summed E-state index contributed by atoms with van der Waals surface area (Å²) in [5.74, 6) is 2.37. The maximum Gasteiger partial charge on any atom is 0.130 e. The topological polar surface area (TPSA) is 40.5 Å². The number of benzene rings is 1. The zero-order chi connectivity index (χ0) is 14.8.